The second-order valence-electron chi connectivity index (χ2n) is 4.72. The summed E-state index contributed by atoms with van der Waals surface area (Å²) in [7, 11) is 0. The van der Waals surface area contributed by atoms with Gasteiger partial charge in [-0.25, -0.2) is 4.79 Å². The number of aromatic carboxylic acids is 1. The zero-order chi connectivity index (χ0) is 15.4. The molecule has 0 spiro atoms. The van der Waals surface area contributed by atoms with E-state index in [9.17, 15) is 4.79 Å². The number of halogens is 1. The van der Waals surface area contributed by atoms with Crippen molar-refractivity contribution < 1.29 is 14.6 Å². The molecule has 0 aliphatic heterocycles. The Morgan fingerprint density at radius 2 is 2.14 bits per heavy atom. The Labute approximate surface area is 128 Å². The molecule has 2 rings (SSSR count). The van der Waals surface area contributed by atoms with E-state index in [0.29, 0.717) is 16.5 Å². The van der Waals surface area contributed by atoms with Crippen LogP contribution < -0.4 is 4.74 Å². The van der Waals surface area contributed by atoms with E-state index in [1.54, 1.807) is 12.1 Å². The number of pyridine rings is 1. The lowest BCUT2D eigenvalue weighted by Crippen LogP contribution is -2.09. The van der Waals surface area contributed by atoms with Gasteiger partial charge < -0.3 is 9.84 Å². The highest BCUT2D eigenvalue weighted by atomic mass is 35.5. The highest BCUT2D eigenvalue weighted by Crippen LogP contribution is 2.30. The predicted octanol–water partition coefficient (Wildman–Crippen LogP) is 4.28. The standard InChI is InChI=1S/C16H16ClNO3/c1-3-10(2)21-15-5-4-11(8-13(15)17)14-9-12(16(19)20)6-7-18-14/h4-10H,3H2,1-2H3,(H,19,20)/t10-/m1/s1. The molecule has 1 heterocycles. The monoisotopic (exact) mass is 305 g/mol. The van der Waals surface area contributed by atoms with Crippen LogP contribution in [0.3, 0.4) is 0 Å². The van der Waals surface area contributed by atoms with Gasteiger partial charge in [-0.05, 0) is 43.7 Å². The van der Waals surface area contributed by atoms with Gasteiger partial charge in [-0.1, -0.05) is 18.5 Å². The van der Waals surface area contributed by atoms with Crippen molar-refractivity contribution in [1.82, 2.24) is 4.98 Å². The Hall–Kier alpha value is -2.07. The molecule has 110 valence electrons. The van der Waals surface area contributed by atoms with Crippen LogP contribution in [0.5, 0.6) is 5.75 Å². The number of hydrogen-bond donors (Lipinski definition) is 1. The summed E-state index contributed by atoms with van der Waals surface area (Å²) in [4.78, 5) is 15.2. The minimum atomic E-state index is -0.985. The summed E-state index contributed by atoms with van der Waals surface area (Å²) >= 11 is 6.21. The highest BCUT2D eigenvalue weighted by molar-refractivity contribution is 6.32. The fourth-order valence-electron chi connectivity index (χ4n) is 1.78. The minimum Gasteiger partial charge on any atom is -0.489 e. The van der Waals surface area contributed by atoms with Crippen LogP contribution in [0.2, 0.25) is 5.02 Å². The van der Waals surface area contributed by atoms with Crippen molar-refractivity contribution in [1.29, 1.82) is 0 Å². The topological polar surface area (TPSA) is 59.4 Å². The second kappa shape index (κ2) is 6.59. The third kappa shape index (κ3) is 3.73. The van der Waals surface area contributed by atoms with Crippen LogP contribution in [0.1, 0.15) is 30.6 Å². The van der Waals surface area contributed by atoms with Gasteiger partial charge in [-0.2, -0.15) is 0 Å². The lowest BCUT2D eigenvalue weighted by atomic mass is 10.1. The summed E-state index contributed by atoms with van der Waals surface area (Å²) in [5.41, 5.74) is 1.50. The molecule has 1 aromatic carbocycles. The number of carboxylic acid groups (broad SMARTS) is 1. The molecular formula is C16H16ClNO3. The average molecular weight is 306 g/mol. The third-order valence-electron chi connectivity index (χ3n) is 3.14. The molecule has 4 nitrogen and oxygen atoms in total. The highest BCUT2D eigenvalue weighted by Gasteiger charge is 2.10. The molecule has 5 heteroatoms. The molecular weight excluding hydrogens is 290 g/mol. The number of carboxylic acids is 1. The van der Waals surface area contributed by atoms with Gasteiger partial charge in [0.25, 0.3) is 0 Å². The SMILES string of the molecule is CC[C@@H](C)Oc1ccc(-c2cc(C(=O)O)ccn2)cc1Cl. The van der Waals surface area contributed by atoms with Crippen molar-refractivity contribution in [3.8, 4) is 17.0 Å². The first-order chi connectivity index (χ1) is 10.0. The average Bonchev–Trinajstić information content (AvgIpc) is 2.49. The molecule has 0 fully saturated rings. The van der Waals surface area contributed by atoms with Crippen molar-refractivity contribution in [2.45, 2.75) is 26.4 Å². The Bertz CT molecular complexity index is 658. The summed E-state index contributed by atoms with van der Waals surface area (Å²) < 4.78 is 5.70. The van der Waals surface area contributed by atoms with Gasteiger partial charge in [-0.3, -0.25) is 4.98 Å². The maximum atomic E-state index is 11.0. The van der Waals surface area contributed by atoms with Crippen molar-refractivity contribution in [2.75, 3.05) is 0 Å². The van der Waals surface area contributed by atoms with Crippen LogP contribution in [0.15, 0.2) is 36.5 Å². The van der Waals surface area contributed by atoms with Crippen molar-refractivity contribution in [2.24, 2.45) is 0 Å². The molecule has 0 saturated carbocycles. The molecule has 0 radical (unpaired) electrons. The second-order valence-corrected chi connectivity index (χ2v) is 5.12. The zero-order valence-corrected chi connectivity index (χ0v) is 12.6. The van der Waals surface area contributed by atoms with E-state index in [4.69, 9.17) is 21.4 Å². The van der Waals surface area contributed by atoms with Crippen LogP contribution in [0.25, 0.3) is 11.3 Å². The van der Waals surface area contributed by atoms with Gasteiger partial charge >= 0.3 is 5.97 Å². The van der Waals surface area contributed by atoms with E-state index in [0.717, 1.165) is 12.0 Å². The van der Waals surface area contributed by atoms with Crippen LogP contribution in [-0.4, -0.2) is 22.2 Å². The molecule has 1 N–H and O–H groups in total. The molecule has 1 atom stereocenters. The molecule has 0 aliphatic carbocycles. The number of carbonyl (C=O) groups is 1. The Kier molecular flexibility index (Phi) is 4.81. The number of nitrogens with zero attached hydrogens (tertiary/aromatic N) is 1. The van der Waals surface area contributed by atoms with Crippen LogP contribution in [-0.2, 0) is 0 Å². The lowest BCUT2D eigenvalue weighted by molar-refractivity contribution is 0.0697. The van der Waals surface area contributed by atoms with Gasteiger partial charge in [0.2, 0.25) is 0 Å². The first kappa shape index (κ1) is 15.3. The van der Waals surface area contributed by atoms with Crippen LogP contribution in [0.4, 0.5) is 0 Å². The number of benzene rings is 1. The Morgan fingerprint density at radius 3 is 2.76 bits per heavy atom. The maximum absolute atomic E-state index is 11.0. The molecule has 0 saturated heterocycles. The van der Waals surface area contributed by atoms with Gasteiger partial charge in [0.05, 0.1) is 22.4 Å². The number of ether oxygens (including phenoxy) is 1. The van der Waals surface area contributed by atoms with Crippen molar-refractivity contribution in [3.05, 3.63) is 47.1 Å². The fourth-order valence-corrected chi connectivity index (χ4v) is 2.00. The smallest absolute Gasteiger partial charge is 0.335 e. The van der Waals surface area contributed by atoms with E-state index in [-0.39, 0.29) is 11.7 Å². The normalized spacial score (nSPS) is 12.0. The summed E-state index contributed by atoms with van der Waals surface area (Å²) in [5.74, 6) is -0.370. The molecule has 0 amide bonds. The summed E-state index contributed by atoms with van der Waals surface area (Å²) in [5, 5.41) is 9.49. The Balaban J connectivity index is 2.31. The van der Waals surface area contributed by atoms with Crippen molar-refractivity contribution >= 4 is 17.6 Å². The molecule has 2 aromatic rings. The van der Waals surface area contributed by atoms with Crippen LogP contribution >= 0.6 is 11.6 Å². The quantitative estimate of drug-likeness (QED) is 0.895. The predicted molar refractivity (Wildman–Crippen MR) is 82.0 cm³/mol. The first-order valence-electron chi connectivity index (χ1n) is 6.67. The van der Waals surface area contributed by atoms with E-state index < -0.39 is 5.97 Å². The summed E-state index contributed by atoms with van der Waals surface area (Å²) in [6.45, 7) is 4.01. The largest absolute Gasteiger partial charge is 0.489 e. The van der Waals surface area contributed by atoms with Gasteiger partial charge in [0.1, 0.15) is 5.75 Å². The number of hydrogen-bond acceptors (Lipinski definition) is 3. The Morgan fingerprint density at radius 1 is 1.38 bits per heavy atom. The lowest BCUT2D eigenvalue weighted by Gasteiger charge is -2.14. The molecule has 0 aliphatic rings. The van der Waals surface area contributed by atoms with Gasteiger partial charge in [0, 0.05) is 11.8 Å². The minimum absolute atomic E-state index is 0.0850. The summed E-state index contributed by atoms with van der Waals surface area (Å²) in [6.07, 6.45) is 2.44. The molecule has 0 unspecified atom stereocenters. The maximum Gasteiger partial charge on any atom is 0.335 e. The molecule has 1 aromatic heterocycles. The van der Waals surface area contributed by atoms with E-state index in [1.165, 1.54) is 18.3 Å². The van der Waals surface area contributed by atoms with E-state index in [1.807, 2.05) is 19.9 Å². The first-order valence-corrected chi connectivity index (χ1v) is 7.05. The van der Waals surface area contributed by atoms with Crippen molar-refractivity contribution in [3.63, 3.8) is 0 Å². The van der Waals surface area contributed by atoms with E-state index >= 15 is 0 Å². The zero-order valence-electron chi connectivity index (χ0n) is 11.8. The van der Waals surface area contributed by atoms with Gasteiger partial charge in [0.15, 0.2) is 0 Å². The number of aromatic nitrogens is 1. The van der Waals surface area contributed by atoms with E-state index in [2.05, 4.69) is 4.98 Å². The fraction of sp³-hybridized carbons (Fsp3) is 0.250. The molecule has 21 heavy (non-hydrogen) atoms. The van der Waals surface area contributed by atoms with Crippen LogP contribution in [0, 0.1) is 0 Å². The van der Waals surface area contributed by atoms with Gasteiger partial charge in [-0.15, -0.1) is 0 Å². The molecule has 0 bridgehead atoms. The third-order valence-corrected chi connectivity index (χ3v) is 3.43. The summed E-state index contributed by atoms with van der Waals surface area (Å²) in [6, 6.07) is 8.29. The number of rotatable bonds is 5.